The maximum Gasteiger partial charge on any atom is 0.141 e. The quantitative estimate of drug-likeness (QED) is 0.902. The van der Waals surface area contributed by atoms with Gasteiger partial charge in [0.2, 0.25) is 0 Å². The Kier molecular flexibility index (Phi) is 4.81. The van der Waals surface area contributed by atoms with Gasteiger partial charge in [-0.1, -0.05) is 23.2 Å². The summed E-state index contributed by atoms with van der Waals surface area (Å²) >= 11 is 12.1. The molecular weight excluding hydrogens is 326 g/mol. The highest BCUT2D eigenvalue weighted by Crippen LogP contribution is 2.36. The number of aromatic nitrogens is 1. The number of hydrogen-bond acceptors (Lipinski definition) is 3. The molecule has 3 rings (SSSR count). The van der Waals surface area contributed by atoms with Crippen LogP contribution in [0.1, 0.15) is 18.1 Å². The number of pyridine rings is 1. The SMILES string of the molecule is Fc1cncc([C@@H](Oc2ccc(Cl)cc2Cl)C2CCNC2)c1. The van der Waals surface area contributed by atoms with E-state index in [1.807, 2.05) is 0 Å². The van der Waals surface area contributed by atoms with Gasteiger partial charge < -0.3 is 10.1 Å². The zero-order valence-corrected chi connectivity index (χ0v) is 13.2. The van der Waals surface area contributed by atoms with E-state index >= 15 is 0 Å². The van der Waals surface area contributed by atoms with Gasteiger partial charge >= 0.3 is 0 Å². The Labute approximate surface area is 138 Å². The van der Waals surface area contributed by atoms with Crippen molar-refractivity contribution in [1.82, 2.24) is 10.3 Å². The van der Waals surface area contributed by atoms with Crippen LogP contribution >= 0.6 is 23.2 Å². The van der Waals surface area contributed by atoms with Crippen LogP contribution < -0.4 is 10.1 Å². The summed E-state index contributed by atoms with van der Waals surface area (Å²) in [6, 6.07) is 6.54. The molecule has 2 heterocycles. The van der Waals surface area contributed by atoms with Gasteiger partial charge in [0.05, 0.1) is 11.2 Å². The van der Waals surface area contributed by atoms with Crippen LogP contribution in [0.25, 0.3) is 0 Å². The predicted octanol–water partition coefficient (Wildman–Crippen LogP) is 4.26. The number of ether oxygens (including phenoxy) is 1. The third-order valence-electron chi connectivity index (χ3n) is 3.73. The lowest BCUT2D eigenvalue weighted by Gasteiger charge is -2.25. The van der Waals surface area contributed by atoms with Crippen molar-refractivity contribution >= 4 is 23.2 Å². The van der Waals surface area contributed by atoms with E-state index in [9.17, 15) is 4.39 Å². The molecule has 0 aliphatic carbocycles. The Bertz CT molecular complexity index is 662. The van der Waals surface area contributed by atoms with Gasteiger partial charge in [-0.2, -0.15) is 0 Å². The molecule has 0 radical (unpaired) electrons. The van der Waals surface area contributed by atoms with E-state index in [2.05, 4.69) is 10.3 Å². The Hall–Kier alpha value is -1.36. The van der Waals surface area contributed by atoms with E-state index in [1.165, 1.54) is 12.3 Å². The van der Waals surface area contributed by atoms with Gasteiger partial charge in [0.25, 0.3) is 0 Å². The molecule has 2 atom stereocenters. The van der Waals surface area contributed by atoms with Crippen LogP contribution in [-0.2, 0) is 0 Å². The molecule has 0 spiro atoms. The first-order chi connectivity index (χ1) is 10.6. The van der Waals surface area contributed by atoms with E-state index in [1.54, 1.807) is 24.4 Å². The molecule has 0 saturated carbocycles. The summed E-state index contributed by atoms with van der Waals surface area (Å²) in [5, 5.41) is 4.28. The highest BCUT2D eigenvalue weighted by atomic mass is 35.5. The van der Waals surface area contributed by atoms with Crippen LogP contribution in [-0.4, -0.2) is 18.1 Å². The molecular formula is C16H15Cl2FN2O. The molecule has 1 N–H and O–H groups in total. The van der Waals surface area contributed by atoms with E-state index in [0.717, 1.165) is 19.5 Å². The highest BCUT2D eigenvalue weighted by molar-refractivity contribution is 6.35. The summed E-state index contributed by atoms with van der Waals surface area (Å²) in [6.45, 7) is 1.73. The predicted molar refractivity (Wildman–Crippen MR) is 85.0 cm³/mol. The van der Waals surface area contributed by atoms with Gasteiger partial charge in [0.1, 0.15) is 17.7 Å². The smallest absolute Gasteiger partial charge is 0.141 e. The topological polar surface area (TPSA) is 34.1 Å². The van der Waals surface area contributed by atoms with Gasteiger partial charge in [-0.05, 0) is 37.2 Å². The Morgan fingerprint density at radius 3 is 2.82 bits per heavy atom. The van der Waals surface area contributed by atoms with Gasteiger partial charge in [0, 0.05) is 29.2 Å². The molecule has 0 amide bonds. The average molecular weight is 341 g/mol. The zero-order chi connectivity index (χ0) is 15.5. The van der Waals surface area contributed by atoms with Crippen LogP contribution in [0, 0.1) is 11.7 Å². The first-order valence-electron chi connectivity index (χ1n) is 7.06. The van der Waals surface area contributed by atoms with Gasteiger partial charge in [-0.15, -0.1) is 0 Å². The number of halogens is 3. The Morgan fingerprint density at radius 2 is 2.14 bits per heavy atom. The fourth-order valence-corrected chi connectivity index (χ4v) is 3.12. The number of rotatable bonds is 4. The molecule has 3 nitrogen and oxygen atoms in total. The second-order valence-corrected chi connectivity index (χ2v) is 6.15. The molecule has 22 heavy (non-hydrogen) atoms. The molecule has 1 aliphatic heterocycles. The van der Waals surface area contributed by atoms with Crippen molar-refractivity contribution in [2.45, 2.75) is 12.5 Å². The second kappa shape index (κ2) is 6.82. The summed E-state index contributed by atoms with van der Waals surface area (Å²) in [5.41, 5.74) is 0.708. The summed E-state index contributed by atoms with van der Waals surface area (Å²) < 4.78 is 19.6. The van der Waals surface area contributed by atoms with Crippen molar-refractivity contribution in [3.8, 4) is 5.75 Å². The molecule has 1 saturated heterocycles. The lowest BCUT2D eigenvalue weighted by Crippen LogP contribution is -2.21. The summed E-state index contributed by atoms with van der Waals surface area (Å²) in [5.74, 6) is 0.391. The number of nitrogens with one attached hydrogen (secondary N) is 1. The van der Waals surface area contributed by atoms with Crippen LogP contribution in [0.15, 0.2) is 36.7 Å². The minimum absolute atomic E-state index is 0.232. The minimum atomic E-state index is -0.376. The van der Waals surface area contributed by atoms with E-state index < -0.39 is 0 Å². The number of benzene rings is 1. The maximum absolute atomic E-state index is 13.5. The van der Waals surface area contributed by atoms with Crippen LogP contribution in [0.2, 0.25) is 10.0 Å². The lowest BCUT2D eigenvalue weighted by atomic mass is 9.96. The van der Waals surface area contributed by atoms with Crippen molar-refractivity contribution < 1.29 is 9.13 Å². The molecule has 1 unspecified atom stereocenters. The Balaban J connectivity index is 1.91. The number of hydrogen-bond donors (Lipinski definition) is 1. The molecule has 1 aliphatic rings. The highest BCUT2D eigenvalue weighted by Gasteiger charge is 2.29. The fraction of sp³-hybridized carbons (Fsp3) is 0.312. The molecule has 2 aromatic rings. The van der Waals surface area contributed by atoms with Gasteiger partial charge in [-0.3, -0.25) is 4.98 Å². The molecule has 1 aromatic carbocycles. The van der Waals surface area contributed by atoms with E-state index in [-0.39, 0.29) is 17.8 Å². The van der Waals surface area contributed by atoms with E-state index in [0.29, 0.717) is 21.4 Å². The normalized spacial score (nSPS) is 19.1. The Morgan fingerprint density at radius 1 is 1.27 bits per heavy atom. The fourth-order valence-electron chi connectivity index (χ4n) is 2.66. The van der Waals surface area contributed by atoms with Gasteiger partial charge in [0.15, 0.2) is 0 Å². The first-order valence-corrected chi connectivity index (χ1v) is 7.82. The molecule has 6 heteroatoms. The van der Waals surface area contributed by atoms with Crippen LogP contribution in [0.3, 0.4) is 0 Å². The molecule has 0 bridgehead atoms. The van der Waals surface area contributed by atoms with Gasteiger partial charge in [-0.25, -0.2) is 4.39 Å². The van der Waals surface area contributed by atoms with Crippen LogP contribution in [0.5, 0.6) is 5.75 Å². The third-order valence-corrected chi connectivity index (χ3v) is 4.26. The maximum atomic E-state index is 13.5. The standard InChI is InChI=1S/C16H15Cl2FN2O/c17-12-1-2-15(14(18)6-12)22-16(10-3-4-20-7-10)11-5-13(19)9-21-8-11/h1-2,5-6,8-10,16,20H,3-4,7H2/t10?,16-/m0/s1. The average Bonchev–Trinajstić information content (AvgIpc) is 3.00. The van der Waals surface area contributed by atoms with E-state index in [4.69, 9.17) is 27.9 Å². The van der Waals surface area contributed by atoms with Crippen LogP contribution in [0.4, 0.5) is 4.39 Å². The largest absolute Gasteiger partial charge is 0.484 e. The second-order valence-electron chi connectivity index (χ2n) is 5.30. The zero-order valence-electron chi connectivity index (χ0n) is 11.7. The summed E-state index contributed by atoms with van der Waals surface area (Å²) in [6.07, 6.45) is 3.46. The summed E-state index contributed by atoms with van der Waals surface area (Å²) in [4.78, 5) is 3.93. The van der Waals surface area contributed by atoms with Crippen molar-refractivity contribution in [3.05, 3.63) is 58.1 Å². The molecule has 116 valence electrons. The summed E-state index contributed by atoms with van der Waals surface area (Å²) in [7, 11) is 0. The third kappa shape index (κ3) is 3.51. The molecule has 1 fully saturated rings. The van der Waals surface area contributed by atoms with Crippen molar-refractivity contribution in [2.24, 2.45) is 5.92 Å². The lowest BCUT2D eigenvalue weighted by molar-refractivity contribution is 0.144. The number of nitrogens with zero attached hydrogens (tertiary/aromatic N) is 1. The monoisotopic (exact) mass is 340 g/mol. The minimum Gasteiger partial charge on any atom is -0.484 e. The van der Waals surface area contributed by atoms with Crippen molar-refractivity contribution in [1.29, 1.82) is 0 Å². The van der Waals surface area contributed by atoms with Crippen molar-refractivity contribution in [3.63, 3.8) is 0 Å². The first kappa shape index (κ1) is 15.5. The van der Waals surface area contributed by atoms with Crippen molar-refractivity contribution in [2.75, 3.05) is 13.1 Å². The molecule has 1 aromatic heterocycles.